The molecule has 1 aromatic heterocycles. The summed E-state index contributed by atoms with van der Waals surface area (Å²) in [6.45, 7) is 0.157. The van der Waals surface area contributed by atoms with E-state index in [4.69, 9.17) is 9.84 Å². The van der Waals surface area contributed by atoms with E-state index in [0.29, 0.717) is 24.3 Å². The van der Waals surface area contributed by atoms with Crippen LogP contribution in [0.2, 0.25) is 0 Å². The molecule has 0 atom stereocenters. The fourth-order valence-corrected chi connectivity index (χ4v) is 2.75. The van der Waals surface area contributed by atoms with Crippen molar-refractivity contribution in [2.45, 2.75) is 13.0 Å². The zero-order valence-electron chi connectivity index (χ0n) is 14.3. The van der Waals surface area contributed by atoms with Gasteiger partial charge in [-0.2, -0.15) is 5.10 Å². The molecule has 0 saturated heterocycles. The Morgan fingerprint density at radius 3 is 2.81 bits per heavy atom. The summed E-state index contributed by atoms with van der Waals surface area (Å²) < 4.78 is 33.6. The minimum absolute atomic E-state index is 0.0596. The van der Waals surface area contributed by atoms with Crippen molar-refractivity contribution >= 4 is 11.8 Å². The molecule has 3 rings (SSSR count). The Hall–Kier alpha value is -2.85. The summed E-state index contributed by atoms with van der Waals surface area (Å²) in [6.07, 6.45) is 0.450. The lowest BCUT2D eigenvalue weighted by Crippen LogP contribution is -2.38. The molecular formula is C17H18F2N4O4. The average molecular weight is 380 g/mol. The third kappa shape index (κ3) is 4.12. The third-order valence-electron chi connectivity index (χ3n) is 4.03. The molecule has 1 aliphatic heterocycles. The lowest BCUT2D eigenvalue weighted by molar-refractivity contribution is -0.120. The highest BCUT2D eigenvalue weighted by Gasteiger charge is 2.26. The summed E-state index contributed by atoms with van der Waals surface area (Å²) in [7, 11) is 0. The Morgan fingerprint density at radius 2 is 2.07 bits per heavy atom. The van der Waals surface area contributed by atoms with Crippen molar-refractivity contribution in [1.82, 2.24) is 20.4 Å². The number of nitrogens with zero attached hydrogens (tertiary/aromatic N) is 2. The lowest BCUT2D eigenvalue weighted by atomic mass is 10.1. The topological polar surface area (TPSA) is 105 Å². The molecule has 0 unspecified atom stereocenters. The number of hydrogen-bond acceptors (Lipinski definition) is 5. The molecule has 0 radical (unpaired) electrons. The first-order valence-corrected chi connectivity index (χ1v) is 8.31. The van der Waals surface area contributed by atoms with Gasteiger partial charge in [-0.1, -0.05) is 0 Å². The molecule has 8 nitrogen and oxygen atoms in total. The number of fused-ring (bicyclic) bond motifs is 1. The number of hydrogen-bond donors (Lipinski definition) is 3. The quantitative estimate of drug-likeness (QED) is 0.657. The summed E-state index contributed by atoms with van der Waals surface area (Å²) >= 11 is 0. The Bertz CT molecular complexity index is 869. The maximum absolute atomic E-state index is 13.6. The first-order valence-electron chi connectivity index (χ1n) is 8.31. The largest absolute Gasteiger partial charge is 0.395 e. The van der Waals surface area contributed by atoms with E-state index in [1.54, 1.807) is 0 Å². The second-order valence-electron chi connectivity index (χ2n) is 5.84. The van der Waals surface area contributed by atoms with Crippen molar-refractivity contribution < 1.29 is 28.2 Å². The van der Waals surface area contributed by atoms with Crippen LogP contribution in [-0.2, 0) is 22.6 Å². The predicted molar refractivity (Wildman–Crippen MR) is 89.3 cm³/mol. The number of halogens is 2. The van der Waals surface area contributed by atoms with Crippen LogP contribution in [0.15, 0.2) is 18.2 Å². The van der Waals surface area contributed by atoms with Crippen molar-refractivity contribution in [3.8, 4) is 5.69 Å². The van der Waals surface area contributed by atoms with E-state index in [1.165, 1.54) is 10.7 Å². The number of carbonyl (C=O) groups is 2. The van der Waals surface area contributed by atoms with Crippen LogP contribution in [0.3, 0.4) is 0 Å². The Kier molecular flexibility index (Phi) is 5.77. The molecule has 0 aliphatic carbocycles. The first kappa shape index (κ1) is 18.9. The normalized spacial score (nSPS) is 13.1. The molecule has 0 spiro atoms. The van der Waals surface area contributed by atoms with Crippen LogP contribution >= 0.6 is 0 Å². The highest BCUT2D eigenvalue weighted by molar-refractivity contribution is 5.96. The highest BCUT2D eigenvalue weighted by atomic mass is 19.2. The molecule has 0 bridgehead atoms. The van der Waals surface area contributed by atoms with Crippen LogP contribution in [0.1, 0.15) is 21.7 Å². The van der Waals surface area contributed by atoms with Crippen molar-refractivity contribution in [2.75, 3.05) is 26.3 Å². The molecule has 0 saturated carbocycles. The van der Waals surface area contributed by atoms with E-state index in [2.05, 4.69) is 15.7 Å². The van der Waals surface area contributed by atoms with Gasteiger partial charge in [-0.3, -0.25) is 9.59 Å². The molecular weight excluding hydrogens is 362 g/mol. The molecule has 3 N–H and O–H groups in total. The van der Waals surface area contributed by atoms with Gasteiger partial charge < -0.3 is 20.5 Å². The molecule has 10 heteroatoms. The number of carbonyl (C=O) groups excluding carboxylic acids is 2. The van der Waals surface area contributed by atoms with Gasteiger partial charge in [0.1, 0.15) is 0 Å². The van der Waals surface area contributed by atoms with E-state index in [0.717, 1.165) is 12.1 Å². The predicted octanol–water partition coefficient (Wildman–Crippen LogP) is 0.0615. The Morgan fingerprint density at radius 1 is 1.26 bits per heavy atom. The minimum atomic E-state index is -1.02. The van der Waals surface area contributed by atoms with E-state index in [-0.39, 0.29) is 37.7 Å². The summed E-state index contributed by atoms with van der Waals surface area (Å²) in [5.41, 5.74) is 1.55. The maximum Gasteiger partial charge on any atom is 0.272 e. The Balaban J connectivity index is 1.85. The first-order chi connectivity index (χ1) is 13.0. The molecule has 2 heterocycles. The summed E-state index contributed by atoms with van der Waals surface area (Å²) in [5.74, 6) is -3.04. The standard InChI is InChI=1S/C17H18F2N4O4/c18-12-2-1-10(7-13(12)19)23-14-3-6-27-9-11(14)16(22-23)17(26)21-8-15(25)20-4-5-24/h1-2,7,24H,3-6,8-9H2,(H,20,25)(H,21,26). The number of ether oxygens (including phenoxy) is 1. The molecule has 0 fully saturated rings. The van der Waals surface area contributed by atoms with E-state index < -0.39 is 23.4 Å². The molecule has 1 aliphatic rings. The van der Waals surface area contributed by atoms with Crippen molar-refractivity contribution in [1.29, 1.82) is 0 Å². The summed E-state index contributed by atoms with van der Waals surface area (Å²) in [4.78, 5) is 24.0. The zero-order valence-corrected chi connectivity index (χ0v) is 14.3. The summed E-state index contributed by atoms with van der Waals surface area (Å²) in [6, 6.07) is 3.36. The monoisotopic (exact) mass is 380 g/mol. The molecule has 2 amide bonds. The number of nitrogens with one attached hydrogen (secondary N) is 2. The van der Waals surface area contributed by atoms with Gasteiger partial charge in [-0.15, -0.1) is 0 Å². The molecule has 1 aromatic carbocycles. The van der Waals surface area contributed by atoms with Gasteiger partial charge in [0.05, 0.1) is 37.7 Å². The average Bonchev–Trinajstić information content (AvgIpc) is 3.06. The summed E-state index contributed by atoms with van der Waals surface area (Å²) in [5, 5.41) is 17.8. The van der Waals surface area contributed by atoms with Gasteiger partial charge in [-0.25, -0.2) is 13.5 Å². The van der Waals surface area contributed by atoms with Gasteiger partial charge in [0.25, 0.3) is 5.91 Å². The SMILES string of the molecule is O=C(CNC(=O)c1nn(-c2ccc(F)c(F)c2)c2c1COCC2)NCCO. The van der Waals surface area contributed by atoms with Crippen LogP contribution < -0.4 is 10.6 Å². The number of aliphatic hydroxyl groups is 1. The number of aliphatic hydroxyl groups excluding tert-OH is 1. The molecule has 27 heavy (non-hydrogen) atoms. The third-order valence-corrected chi connectivity index (χ3v) is 4.03. The number of amides is 2. The van der Waals surface area contributed by atoms with Crippen LogP contribution in [0.5, 0.6) is 0 Å². The van der Waals surface area contributed by atoms with Crippen LogP contribution in [0.4, 0.5) is 8.78 Å². The van der Waals surface area contributed by atoms with Crippen molar-refractivity contribution in [2.24, 2.45) is 0 Å². The maximum atomic E-state index is 13.6. The smallest absolute Gasteiger partial charge is 0.272 e. The van der Waals surface area contributed by atoms with E-state index >= 15 is 0 Å². The van der Waals surface area contributed by atoms with Crippen LogP contribution in [0.25, 0.3) is 5.69 Å². The molecule has 2 aromatic rings. The fourth-order valence-electron chi connectivity index (χ4n) is 2.75. The van der Waals surface area contributed by atoms with E-state index in [9.17, 15) is 18.4 Å². The van der Waals surface area contributed by atoms with Crippen LogP contribution in [-0.4, -0.2) is 53.0 Å². The number of aromatic nitrogens is 2. The van der Waals surface area contributed by atoms with Gasteiger partial charge in [0, 0.05) is 24.6 Å². The van der Waals surface area contributed by atoms with Crippen LogP contribution in [0, 0.1) is 11.6 Å². The lowest BCUT2D eigenvalue weighted by Gasteiger charge is -2.15. The van der Waals surface area contributed by atoms with Gasteiger partial charge in [0.2, 0.25) is 5.91 Å². The van der Waals surface area contributed by atoms with Crippen molar-refractivity contribution in [3.63, 3.8) is 0 Å². The van der Waals surface area contributed by atoms with Gasteiger partial charge in [0.15, 0.2) is 17.3 Å². The highest BCUT2D eigenvalue weighted by Crippen LogP contribution is 2.24. The van der Waals surface area contributed by atoms with Gasteiger partial charge >= 0.3 is 0 Å². The van der Waals surface area contributed by atoms with E-state index in [1.807, 2.05) is 0 Å². The fraction of sp³-hybridized carbons (Fsp3) is 0.353. The second kappa shape index (κ2) is 8.23. The number of rotatable bonds is 6. The molecule has 144 valence electrons. The zero-order chi connectivity index (χ0) is 19.4. The van der Waals surface area contributed by atoms with Crippen molar-refractivity contribution in [3.05, 3.63) is 46.8 Å². The minimum Gasteiger partial charge on any atom is -0.395 e. The number of benzene rings is 1. The Labute approximate surface area is 153 Å². The second-order valence-corrected chi connectivity index (χ2v) is 5.84. The van der Waals surface area contributed by atoms with Gasteiger partial charge in [-0.05, 0) is 12.1 Å².